The summed E-state index contributed by atoms with van der Waals surface area (Å²) in [7, 11) is -1.41. The molecule has 1 N–H and O–H groups in total. The van der Waals surface area contributed by atoms with Crippen molar-refractivity contribution in [1.29, 1.82) is 0 Å². The van der Waals surface area contributed by atoms with Crippen LogP contribution >= 0.6 is 0 Å². The Morgan fingerprint density at radius 2 is 2.06 bits per heavy atom. The first-order valence-electron chi connectivity index (χ1n) is 5.54. The average molecular weight is 274 g/mol. The molecule has 0 heterocycles. The van der Waals surface area contributed by atoms with Gasteiger partial charge in [0.1, 0.15) is 21.3 Å². The van der Waals surface area contributed by atoms with E-state index >= 15 is 0 Å². The molecular weight excluding hydrogens is 256 g/mol. The number of benzene rings is 1. The zero-order valence-electron chi connectivity index (χ0n) is 10.5. The molecule has 1 aromatic carbocycles. The van der Waals surface area contributed by atoms with Gasteiger partial charge >= 0.3 is 0 Å². The van der Waals surface area contributed by atoms with Crippen LogP contribution in [0.4, 0.5) is 0 Å². The lowest BCUT2D eigenvalue weighted by atomic mass is 10.2. The predicted octanol–water partition coefficient (Wildman–Crippen LogP) is 1.00. The maximum atomic E-state index is 10.9. The molecule has 0 saturated heterocycles. The van der Waals surface area contributed by atoms with Crippen LogP contribution in [0.15, 0.2) is 18.2 Å². The maximum Gasteiger partial charge on any atom is 0.147 e. The predicted molar refractivity (Wildman–Crippen MR) is 68.7 cm³/mol. The Morgan fingerprint density at radius 3 is 2.61 bits per heavy atom. The van der Waals surface area contributed by atoms with Crippen molar-refractivity contribution < 1.29 is 23.0 Å². The van der Waals surface area contributed by atoms with Crippen LogP contribution < -0.4 is 9.47 Å². The van der Waals surface area contributed by atoms with E-state index in [-0.39, 0.29) is 12.4 Å². The Morgan fingerprint density at radius 1 is 1.33 bits per heavy atom. The highest BCUT2D eigenvalue weighted by atomic mass is 32.2. The van der Waals surface area contributed by atoms with E-state index in [0.717, 1.165) is 0 Å². The Balaban J connectivity index is 2.56. The molecule has 102 valence electrons. The molecule has 1 rings (SSSR count). The van der Waals surface area contributed by atoms with Crippen molar-refractivity contribution >= 4 is 9.84 Å². The number of ether oxygens (including phenoxy) is 2. The summed E-state index contributed by atoms with van der Waals surface area (Å²) in [5, 5.41) is 9.19. The van der Waals surface area contributed by atoms with Crippen LogP contribution in [0, 0.1) is 0 Å². The number of aliphatic hydroxyl groups is 1. The van der Waals surface area contributed by atoms with E-state index < -0.39 is 9.84 Å². The van der Waals surface area contributed by atoms with Crippen molar-refractivity contribution in [1.82, 2.24) is 0 Å². The number of sulfone groups is 1. The van der Waals surface area contributed by atoms with Crippen molar-refractivity contribution in [3.8, 4) is 11.5 Å². The Bertz CT molecular complexity index is 481. The Labute approximate surface area is 107 Å². The summed E-state index contributed by atoms with van der Waals surface area (Å²) < 4.78 is 32.4. The first kappa shape index (κ1) is 14.8. The lowest BCUT2D eigenvalue weighted by molar-refractivity contribution is 0.262. The fraction of sp³-hybridized carbons (Fsp3) is 0.500. The highest BCUT2D eigenvalue weighted by molar-refractivity contribution is 7.90. The molecule has 6 heteroatoms. The average Bonchev–Trinajstić information content (AvgIpc) is 2.33. The number of rotatable bonds is 7. The standard InChI is InChI=1S/C12H18O5S/c1-16-11-4-5-12(10(8-11)9-13)17-6-3-7-18(2,14)15/h4-5,8,13H,3,6-7,9H2,1-2H3. The fourth-order valence-corrected chi connectivity index (χ4v) is 2.09. The molecule has 0 amide bonds. The Hall–Kier alpha value is -1.27. The highest BCUT2D eigenvalue weighted by Gasteiger charge is 2.06. The van der Waals surface area contributed by atoms with Gasteiger partial charge < -0.3 is 14.6 Å². The zero-order valence-corrected chi connectivity index (χ0v) is 11.4. The highest BCUT2D eigenvalue weighted by Crippen LogP contribution is 2.24. The lowest BCUT2D eigenvalue weighted by Gasteiger charge is -2.11. The second-order valence-electron chi connectivity index (χ2n) is 3.96. The lowest BCUT2D eigenvalue weighted by Crippen LogP contribution is -2.08. The quantitative estimate of drug-likeness (QED) is 0.751. The van der Waals surface area contributed by atoms with Gasteiger partial charge in [0.15, 0.2) is 0 Å². The third-order valence-corrected chi connectivity index (χ3v) is 3.39. The van der Waals surface area contributed by atoms with Gasteiger partial charge in [-0.1, -0.05) is 0 Å². The van der Waals surface area contributed by atoms with Crippen molar-refractivity contribution in [2.24, 2.45) is 0 Å². The van der Waals surface area contributed by atoms with E-state index in [1.54, 1.807) is 25.3 Å². The van der Waals surface area contributed by atoms with Crippen LogP contribution in [0.1, 0.15) is 12.0 Å². The largest absolute Gasteiger partial charge is 0.497 e. The number of hydrogen-bond donors (Lipinski definition) is 1. The summed E-state index contributed by atoms with van der Waals surface area (Å²) in [4.78, 5) is 0. The van der Waals surface area contributed by atoms with E-state index in [9.17, 15) is 13.5 Å². The summed E-state index contributed by atoms with van der Waals surface area (Å²) in [6.07, 6.45) is 1.62. The molecule has 0 fully saturated rings. The van der Waals surface area contributed by atoms with Crippen LogP contribution in [-0.4, -0.2) is 39.2 Å². The van der Waals surface area contributed by atoms with E-state index in [4.69, 9.17) is 9.47 Å². The van der Waals surface area contributed by atoms with Gasteiger partial charge in [-0.25, -0.2) is 8.42 Å². The summed E-state index contributed by atoms with van der Waals surface area (Å²) >= 11 is 0. The smallest absolute Gasteiger partial charge is 0.147 e. The molecule has 1 aromatic rings. The summed E-state index contributed by atoms with van der Waals surface area (Å²) in [5.41, 5.74) is 0.619. The number of hydrogen-bond acceptors (Lipinski definition) is 5. The molecule has 0 unspecified atom stereocenters. The third kappa shape index (κ3) is 4.93. The van der Waals surface area contributed by atoms with Gasteiger partial charge in [-0.05, 0) is 24.6 Å². The molecule has 0 spiro atoms. The molecule has 0 aliphatic rings. The van der Waals surface area contributed by atoms with Gasteiger partial charge in [0.25, 0.3) is 0 Å². The van der Waals surface area contributed by atoms with Crippen LogP contribution in [0.25, 0.3) is 0 Å². The molecule has 0 aliphatic carbocycles. The van der Waals surface area contributed by atoms with Crippen LogP contribution in [0.2, 0.25) is 0 Å². The van der Waals surface area contributed by atoms with E-state index in [1.165, 1.54) is 6.26 Å². The molecule has 0 aliphatic heterocycles. The molecule has 0 radical (unpaired) electrons. The SMILES string of the molecule is COc1ccc(OCCCS(C)(=O)=O)c(CO)c1. The van der Waals surface area contributed by atoms with Gasteiger partial charge in [-0.15, -0.1) is 0 Å². The van der Waals surface area contributed by atoms with E-state index in [0.29, 0.717) is 30.1 Å². The monoisotopic (exact) mass is 274 g/mol. The molecule has 0 saturated carbocycles. The summed E-state index contributed by atoms with van der Waals surface area (Å²) in [6.45, 7) is 0.144. The number of methoxy groups -OCH3 is 1. The Kier molecular flexibility index (Phi) is 5.43. The van der Waals surface area contributed by atoms with Crippen molar-refractivity contribution in [3.63, 3.8) is 0 Å². The van der Waals surface area contributed by atoms with Gasteiger partial charge in [0.2, 0.25) is 0 Å². The van der Waals surface area contributed by atoms with Gasteiger partial charge in [-0.2, -0.15) is 0 Å². The van der Waals surface area contributed by atoms with Crippen LogP contribution in [0.3, 0.4) is 0 Å². The maximum absolute atomic E-state index is 10.9. The normalized spacial score (nSPS) is 11.3. The summed E-state index contributed by atoms with van der Waals surface area (Å²) in [6, 6.07) is 5.11. The zero-order chi connectivity index (χ0) is 13.6. The minimum Gasteiger partial charge on any atom is -0.497 e. The fourth-order valence-electron chi connectivity index (χ4n) is 1.45. The van der Waals surface area contributed by atoms with E-state index in [1.807, 2.05) is 0 Å². The molecule has 0 aromatic heterocycles. The van der Waals surface area contributed by atoms with Crippen molar-refractivity contribution in [2.75, 3.05) is 25.7 Å². The van der Waals surface area contributed by atoms with Crippen molar-refractivity contribution in [3.05, 3.63) is 23.8 Å². The molecule has 5 nitrogen and oxygen atoms in total. The number of aliphatic hydroxyl groups excluding tert-OH is 1. The van der Waals surface area contributed by atoms with Gasteiger partial charge in [-0.3, -0.25) is 0 Å². The van der Waals surface area contributed by atoms with Gasteiger partial charge in [0.05, 0.1) is 26.1 Å². The molecule has 0 atom stereocenters. The van der Waals surface area contributed by atoms with Crippen LogP contribution in [-0.2, 0) is 16.4 Å². The molecule has 0 bridgehead atoms. The molecule has 18 heavy (non-hydrogen) atoms. The minimum atomic E-state index is -2.95. The first-order chi connectivity index (χ1) is 8.46. The summed E-state index contributed by atoms with van der Waals surface area (Å²) in [5.74, 6) is 1.28. The van der Waals surface area contributed by atoms with Gasteiger partial charge in [0, 0.05) is 11.8 Å². The third-order valence-electron chi connectivity index (χ3n) is 2.36. The second-order valence-corrected chi connectivity index (χ2v) is 6.22. The first-order valence-corrected chi connectivity index (χ1v) is 7.60. The topological polar surface area (TPSA) is 72.8 Å². The van der Waals surface area contributed by atoms with Crippen LogP contribution in [0.5, 0.6) is 11.5 Å². The minimum absolute atomic E-state index is 0.0949. The van der Waals surface area contributed by atoms with Crippen molar-refractivity contribution in [2.45, 2.75) is 13.0 Å². The second kappa shape index (κ2) is 6.61. The molecular formula is C12H18O5S. The van der Waals surface area contributed by atoms with E-state index in [2.05, 4.69) is 0 Å².